The summed E-state index contributed by atoms with van der Waals surface area (Å²) in [6.07, 6.45) is 4.21. The summed E-state index contributed by atoms with van der Waals surface area (Å²) in [7, 11) is 0. The number of esters is 1. The highest BCUT2D eigenvalue weighted by molar-refractivity contribution is 7.99. The first-order valence-corrected chi connectivity index (χ1v) is 7.67. The van der Waals surface area contributed by atoms with Gasteiger partial charge in [-0.1, -0.05) is 25.1 Å². The van der Waals surface area contributed by atoms with Crippen LogP contribution in [0.1, 0.15) is 44.5 Å². The Labute approximate surface area is 117 Å². The summed E-state index contributed by atoms with van der Waals surface area (Å²) in [6.45, 7) is 2.94. The fourth-order valence-corrected chi connectivity index (χ4v) is 2.56. The van der Waals surface area contributed by atoms with Crippen LogP contribution in [0.15, 0.2) is 5.16 Å². The van der Waals surface area contributed by atoms with Crippen LogP contribution in [0.2, 0.25) is 0 Å². The second-order valence-corrected chi connectivity index (χ2v) is 5.51. The molecule has 1 heterocycles. The fraction of sp³-hybridized carbons (Fsp3) is 0.750. The minimum atomic E-state index is -0.196. The van der Waals surface area contributed by atoms with Crippen molar-refractivity contribution in [2.75, 3.05) is 12.4 Å². The monoisotopic (exact) mass is 284 g/mol. The molecule has 1 saturated carbocycles. The predicted molar refractivity (Wildman–Crippen MR) is 72.8 cm³/mol. The van der Waals surface area contributed by atoms with Crippen LogP contribution in [-0.4, -0.2) is 33.1 Å². The normalized spacial score (nSPS) is 14.6. The number of carbonyl (C=O) groups excluding carboxylic acids is 1. The Bertz CT molecular complexity index is 431. The van der Waals surface area contributed by atoms with E-state index in [1.165, 1.54) is 11.8 Å². The van der Waals surface area contributed by atoms with Crippen LogP contribution in [0.3, 0.4) is 0 Å². The minimum absolute atomic E-state index is 0.196. The molecule has 0 aliphatic heterocycles. The van der Waals surface area contributed by atoms with Crippen molar-refractivity contribution in [3.8, 4) is 0 Å². The van der Waals surface area contributed by atoms with E-state index < -0.39 is 0 Å². The number of rotatable bonds is 8. The lowest BCUT2D eigenvalue weighted by Crippen LogP contribution is -2.11. The lowest BCUT2D eigenvalue weighted by molar-refractivity contribution is -0.140. The van der Waals surface area contributed by atoms with Crippen LogP contribution in [0.5, 0.6) is 0 Å². The zero-order chi connectivity index (χ0) is 13.7. The third-order valence-corrected chi connectivity index (χ3v) is 3.83. The molecule has 1 aromatic rings. The van der Waals surface area contributed by atoms with Gasteiger partial charge in [-0.25, -0.2) is 0 Å². The Morgan fingerprint density at radius 3 is 2.95 bits per heavy atom. The van der Waals surface area contributed by atoms with E-state index in [0.29, 0.717) is 19.2 Å². The highest BCUT2D eigenvalue weighted by atomic mass is 32.2. The molecule has 7 heteroatoms. The highest BCUT2D eigenvalue weighted by Gasteiger charge is 2.29. The van der Waals surface area contributed by atoms with Gasteiger partial charge in [0.15, 0.2) is 5.16 Å². The average molecular weight is 284 g/mol. The highest BCUT2D eigenvalue weighted by Crippen LogP contribution is 2.38. The van der Waals surface area contributed by atoms with Crippen molar-refractivity contribution in [3.05, 3.63) is 5.82 Å². The Morgan fingerprint density at radius 2 is 2.32 bits per heavy atom. The number of unbranched alkanes of at least 4 members (excludes halogenated alkanes) is 1. The summed E-state index contributed by atoms with van der Waals surface area (Å²) in [5.74, 6) is 0.876. The van der Waals surface area contributed by atoms with Crippen molar-refractivity contribution in [2.45, 2.75) is 50.4 Å². The average Bonchev–Trinajstić information content (AvgIpc) is 3.17. The molecule has 0 aromatic carbocycles. The number of thioether (sulfide) groups is 1. The minimum Gasteiger partial charge on any atom is -0.465 e. The molecule has 0 saturated heterocycles. The zero-order valence-electron chi connectivity index (χ0n) is 11.2. The molecule has 6 nitrogen and oxygen atoms in total. The Kier molecular flexibility index (Phi) is 5.21. The van der Waals surface area contributed by atoms with E-state index in [1.807, 2.05) is 0 Å². The van der Waals surface area contributed by atoms with Gasteiger partial charge in [-0.3, -0.25) is 4.79 Å². The van der Waals surface area contributed by atoms with Crippen LogP contribution in [0.25, 0.3) is 0 Å². The quantitative estimate of drug-likeness (QED) is 0.442. The Morgan fingerprint density at radius 1 is 1.53 bits per heavy atom. The van der Waals surface area contributed by atoms with Crippen molar-refractivity contribution in [1.29, 1.82) is 0 Å². The van der Waals surface area contributed by atoms with Gasteiger partial charge >= 0.3 is 5.97 Å². The number of nitrogens with two attached hydrogens (primary N) is 1. The predicted octanol–water partition coefficient (Wildman–Crippen LogP) is 1.51. The molecule has 2 rings (SSSR count). The molecule has 1 aliphatic rings. The van der Waals surface area contributed by atoms with Crippen LogP contribution >= 0.6 is 11.8 Å². The van der Waals surface area contributed by atoms with E-state index >= 15 is 0 Å². The third kappa shape index (κ3) is 3.94. The summed E-state index contributed by atoms with van der Waals surface area (Å²) < 4.78 is 7.17. The molecular formula is C12H20N4O2S. The van der Waals surface area contributed by atoms with Gasteiger partial charge in [0.1, 0.15) is 5.82 Å². The van der Waals surface area contributed by atoms with Gasteiger partial charge in [0.25, 0.3) is 0 Å². The van der Waals surface area contributed by atoms with Crippen molar-refractivity contribution >= 4 is 17.7 Å². The van der Waals surface area contributed by atoms with E-state index in [2.05, 4.69) is 21.7 Å². The van der Waals surface area contributed by atoms with Crippen LogP contribution in [0, 0.1) is 0 Å². The van der Waals surface area contributed by atoms with Gasteiger partial charge in [0, 0.05) is 6.04 Å². The number of hydrogen-bond donors (Lipinski definition) is 1. The molecule has 0 unspecified atom stereocenters. The third-order valence-electron chi connectivity index (χ3n) is 2.91. The van der Waals surface area contributed by atoms with E-state index in [-0.39, 0.29) is 11.7 Å². The summed E-state index contributed by atoms with van der Waals surface area (Å²) in [5.41, 5.74) is 5.64. The molecule has 19 heavy (non-hydrogen) atoms. The molecular weight excluding hydrogens is 264 g/mol. The van der Waals surface area contributed by atoms with E-state index in [1.54, 1.807) is 0 Å². The molecule has 0 atom stereocenters. The van der Waals surface area contributed by atoms with Gasteiger partial charge < -0.3 is 15.0 Å². The fourth-order valence-electron chi connectivity index (χ4n) is 1.74. The summed E-state index contributed by atoms with van der Waals surface area (Å²) >= 11 is 1.38. The van der Waals surface area contributed by atoms with Gasteiger partial charge in [-0.05, 0) is 19.3 Å². The SMILES string of the molecule is CCCCOC(=O)CSc1nnc(CN)n1C1CC1. The van der Waals surface area contributed by atoms with Gasteiger partial charge in [-0.15, -0.1) is 10.2 Å². The Hall–Kier alpha value is -1.08. The maximum absolute atomic E-state index is 11.5. The largest absolute Gasteiger partial charge is 0.465 e. The van der Waals surface area contributed by atoms with Crippen molar-refractivity contribution < 1.29 is 9.53 Å². The summed E-state index contributed by atoms with van der Waals surface area (Å²) in [6, 6.07) is 0.465. The number of aromatic nitrogens is 3. The molecule has 0 bridgehead atoms. The second-order valence-electron chi connectivity index (χ2n) is 4.57. The number of carbonyl (C=O) groups is 1. The second kappa shape index (κ2) is 6.91. The van der Waals surface area contributed by atoms with Gasteiger partial charge in [0.2, 0.25) is 0 Å². The molecule has 0 amide bonds. The first kappa shape index (κ1) is 14.3. The van der Waals surface area contributed by atoms with Crippen molar-refractivity contribution in [2.24, 2.45) is 5.73 Å². The standard InChI is InChI=1S/C12H20N4O2S/c1-2-3-6-18-11(17)8-19-12-15-14-10(7-13)16(12)9-4-5-9/h9H,2-8,13H2,1H3. The molecule has 0 spiro atoms. The summed E-state index contributed by atoms with van der Waals surface area (Å²) in [5, 5.41) is 8.94. The van der Waals surface area contributed by atoms with E-state index in [0.717, 1.165) is 36.7 Å². The summed E-state index contributed by atoms with van der Waals surface area (Å²) in [4.78, 5) is 11.5. The maximum Gasteiger partial charge on any atom is 0.316 e. The first-order valence-electron chi connectivity index (χ1n) is 6.68. The topological polar surface area (TPSA) is 83.0 Å². The smallest absolute Gasteiger partial charge is 0.316 e. The van der Waals surface area contributed by atoms with Crippen molar-refractivity contribution in [1.82, 2.24) is 14.8 Å². The number of hydrogen-bond acceptors (Lipinski definition) is 6. The lowest BCUT2D eigenvalue weighted by atomic mass is 10.4. The van der Waals surface area contributed by atoms with E-state index in [9.17, 15) is 4.79 Å². The van der Waals surface area contributed by atoms with Crippen LogP contribution < -0.4 is 5.73 Å². The number of ether oxygens (including phenoxy) is 1. The molecule has 1 fully saturated rings. The van der Waals surface area contributed by atoms with Crippen molar-refractivity contribution in [3.63, 3.8) is 0 Å². The zero-order valence-corrected chi connectivity index (χ0v) is 12.0. The molecule has 2 N–H and O–H groups in total. The molecule has 1 aromatic heterocycles. The lowest BCUT2D eigenvalue weighted by Gasteiger charge is -2.07. The van der Waals surface area contributed by atoms with E-state index in [4.69, 9.17) is 10.5 Å². The molecule has 1 aliphatic carbocycles. The van der Waals surface area contributed by atoms with Crippen LogP contribution in [-0.2, 0) is 16.1 Å². The maximum atomic E-state index is 11.5. The van der Waals surface area contributed by atoms with Crippen LogP contribution in [0.4, 0.5) is 0 Å². The first-order chi connectivity index (χ1) is 9.26. The Balaban J connectivity index is 1.85. The molecule has 0 radical (unpaired) electrons. The van der Waals surface area contributed by atoms with Gasteiger partial charge in [0.05, 0.1) is 18.9 Å². The molecule has 106 valence electrons. The number of nitrogens with zero attached hydrogens (tertiary/aromatic N) is 3. The van der Waals surface area contributed by atoms with Gasteiger partial charge in [-0.2, -0.15) is 0 Å².